The smallest absolute Gasteiger partial charge is 0.108 e. The average molecular weight is 255 g/mol. The highest BCUT2D eigenvalue weighted by molar-refractivity contribution is 6.35. The van der Waals surface area contributed by atoms with Gasteiger partial charge in [0.05, 0.1) is 6.54 Å². The first-order chi connectivity index (χ1) is 7.72. The van der Waals surface area contributed by atoms with E-state index in [0.29, 0.717) is 16.6 Å². The second-order valence-corrected chi connectivity index (χ2v) is 4.34. The molecule has 0 atom stereocenters. The Kier molecular flexibility index (Phi) is 3.52. The molecular formula is C12H12Cl2N2. The highest BCUT2D eigenvalue weighted by atomic mass is 35.5. The van der Waals surface area contributed by atoms with Crippen LogP contribution in [0.3, 0.4) is 0 Å². The second kappa shape index (κ2) is 4.89. The third-order valence-corrected chi connectivity index (χ3v) is 3.22. The molecule has 4 heteroatoms. The molecule has 1 aromatic heterocycles. The summed E-state index contributed by atoms with van der Waals surface area (Å²) in [5, 5.41) is 1.39. The van der Waals surface area contributed by atoms with E-state index >= 15 is 0 Å². The summed E-state index contributed by atoms with van der Waals surface area (Å²) in [6.07, 6.45) is 4.64. The van der Waals surface area contributed by atoms with Gasteiger partial charge in [-0.25, -0.2) is 4.98 Å². The molecule has 0 aliphatic heterocycles. The van der Waals surface area contributed by atoms with Crippen molar-refractivity contribution in [1.29, 1.82) is 0 Å². The van der Waals surface area contributed by atoms with Crippen LogP contribution in [-0.4, -0.2) is 9.55 Å². The Balaban J connectivity index is 2.34. The molecule has 2 nitrogen and oxygen atoms in total. The molecule has 0 aliphatic rings. The van der Waals surface area contributed by atoms with Crippen molar-refractivity contribution in [3.63, 3.8) is 0 Å². The fraction of sp³-hybridized carbons (Fsp3) is 0.250. The van der Waals surface area contributed by atoms with Crippen molar-refractivity contribution in [3.8, 4) is 0 Å². The van der Waals surface area contributed by atoms with Crippen molar-refractivity contribution in [2.45, 2.75) is 19.9 Å². The molecule has 0 saturated carbocycles. The van der Waals surface area contributed by atoms with E-state index in [1.165, 1.54) is 0 Å². The Morgan fingerprint density at radius 1 is 1.25 bits per heavy atom. The SMILES string of the molecule is CCc1nccn1Cc1c(Cl)cccc1Cl. The maximum Gasteiger partial charge on any atom is 0.108 e. The van der Waals surface area contributed by atoms with Crippen molar-refractivity contribution >= 4 is 23.2 Å². The molecule has 0 fully saturated rings. The third kappa shape index (κ3) is 2.23. The average Bonchev–Trinajstić information content (AvgIpc) is 2.71. The van der Waals surface area contributed by atoms with Crippen LogP contribution in [0.1, 0.15) is 18.3 Å². The van der Waals surface area contributed by atoms with Gasteiger partial charge >= 0.3 is 0 Å². The summed E-state index contributed by atoms with van der Waals surface area (Å²) in [6.45, 7) is 2.74. The Bertz CT molecular complexity index is 471. The van der Waals surface area contributed by atoms with E-state index in [1.807, 2.05) is 24.4 Å². The lowest BCUT2D eigenvalue weighted by Gasteiger charge is -2.09. The largest absolute Gasteiger partial charge is 0.330 e. The minimum absolute atomic E-state index is 0.668. The van der Waals surface area contributed by atoms with Crippen molar-refractivity contribution in [2.24, 2.45) is 0 Å². The first-order valence-corrected chi connectivity index (χ1v) is 5.91. The van der Waals surface area contributed by atoms with Crippen LogP contribution >= 0.6 is 23.2 Å². The van der Waals surface area contributed by atoms with Gasteiger partial charge in [-0.05, 0) is 12.1 Å². The summed E-state index contributed by atoms with van der Waals surface area (Å²) in [6, 6.07) is 5.56. The predicted molar refractivity (Wildman–Crippen MR) is 67.2 cm³/mol. The van der Waals surface area contributed by atoms with E-state index in [-0.39, 0.29) is 0 Å². The van der Waals surface area contributed by atoms with Crippen molar-refractivity contribution in [2.75, 3.05) is 0 Å². The predicted octanol–water partition coefficient (Wildman–Crippen LogP) is 3.80. The number of hydrogen-bond acceptors (Lipinski definition) is 1. The highest BCUT2D eigenvalue weighted by Crippen LogP contribution is 2.25. The number of benzene rings is 1. The number of nitrogens with zero attached hydrogens (tertiary/aromatic N) is 2. The minimum Gasteiger partial charge on any atom is -0.330 e. The summed E-state index contributed by atoms with van der Waals surface area (Å²) in [5.41, 5.74) is 0.943. The zero-order valence-electron chi connectivity index (χ0n) is 8.95. The normalized spacial score (nSPS) is 10.7. The molecule has 1 heterocycles. The van der Waals surface area contributed by atoms with E-state index in [1.54, 1.807) is 6.20 Å². The van der Waals surface area contributed by atoms with E-state index < -0.39 is 0 Å². The quantitative estimate of drug-likeness (QED) is 0.815. The topological polar surface area (TPSA) is 17.8 Å². The highest BCUT2D eigenvalue weighted by Gasteiger charge is 2.08. The molecule has 2 aromatic rings. The van der Waals surface area contributed by atoms with Gasteiger partial charge in [0.1, 0.15) is 5.82 Å². The summed E-state index contributed by atoms with van der Waals surface area (Å²) in [7, 11) is 0. The molecule has 0 radical (unpaired) electrons. The third-order valence-electron chi connectivity index (χ3n) is 2.51. The van der Waals surface area contributed by atoms with Gasteiger partial charge in [0.25, 0.3) is 0 Å². The van der Waals surface area contributed by atoms with Crippen molar-refractivity contribution in [3.05, 3.63) is 52.0 Å². The van der Waals surface area contributed by atoms with Crippen LogP contribution in [0.15, 0.2) is 30.6 Å². The van der Waals surface area contributed by atoms with E-state index in [2.05, 4.69) is 16.5 Å². The maximum absolute atomic E-state index is 6.12. The molecule has 16 heavy (non-hydrogen) atoms. The van der Waals surface area contributed by atoms with Gasteiger partial charge in [-0.2, -0.15) is 0 Å². The lowest BCUT2D eigenvalue weighted by molar-refractivity contribution is 0.732. The van der Waals surface area contributed by atoms with Gasteiger partial charge in [-0.1, -0.05) is 36.2 Å². The van der Waals surface area contributed by atoms with Crippen LogP contribution in [0.2, 0.25) is 10.0 Å². The zero-order valence-corrected chi connectivity index (χ0v) is 10.5. The van der Waals surface area contributed by atoms with Crippen LogP contribution in [0.4, 0.5) is 0 Å². The number of rotatable bonds is 3. The summed E-state index contributed by atoms with van der Waals surface area (Å²) in [5.74, 6) is 1.04. The number of hydrogen-bond donors (Lipinski definition) is 0. The first-order valence-electron chi connectivity index (χ1n) is 5.15. The maximum atomic E-state index is 6.12. The number of aromatic nitrogens is 2. The Morgan fingerprint density at radius 3 is 2.56 bits per heavy atom. The fourth-order valence-corrected chi connectivity index (χ4v) is 2.17. The molecule has 0 amide bonds. The minimum atomic E-state index is 0.668. The number of imidazole rings is 1. The van der Waals surface area contributed by atoms with Crippen LogP contribution in [0.25, 0.3) is 0 Å². The summed E-state index contributed by atoms with van der Waals surface area (Å²) in [4.78, 5) is 4.27. The molecule has 2 rings (SSSR count). The molecule has 0 unspecified atom stereocenters. The Morgan fingerprint density at radius 2 is 1.94 bits per heavy atom. The summed E-state index contributed by atoms with van der Waals surface area (Å²) < 4.78 is 2.06. The Hall–Kier alpha value is -0.990. The first kappa shape index (κ1) is 11.5. The molecule has 0 bridgehead atoms. The van der Waals surface area contributed by atoms with Crippen molar-refractivity contribution in [1.82, 2.24) is 9.55 Å². The van der Waals surface area contributed by atoms with Gasteiger partial charge in [0, 0.05) is 34.4 Å². The number of aryl methyl sites for hydroxylation is 1. The van der Waals surface area contributed by atoms with Crippen LogP contribution in [-0.2, 0) is 13.0 Å². The molecule has 84 valence electrons. The lowest BCUT2D eigenvalue weighted by Crippen LogP contribution is -2.04. The molecule has 0 aliphatic carbocycles. The lowest BCUT2D eigenvalue weighted by atomic mass is 10.2. The zero-order chi connectivity index (χ0) is 11.5. The monoisotopic (exact) mass is 254 g/mol. The summed E-state index contributed by atoms with van der Waals surface area (Å²) >= 11 is 12.2. The van der Waals surface area contributed by atoms with Gasteiger partial charge < -0.3 is 4.57 Å². The van der Waals surface area contributed by atoms with Gasteiger partial charge in [0.15, 0.2) is 0 Å². The van der Waals surface area contributed by atoms with Gasteiger partial charge in [-0.15, -0.1) is 0 Å². The molecule has 1 aromatic carbocycles. The van der Waals surface area contributed by atoms with Crippen LogP contribution in [0, 0.1) is 0 Å². The van der Waals surface area contributed by atoms with E-state index in [9.17, 15) is 0 Å². The molecule has 0 N–H and O–H groups in total. The fourth-order valence-electron chi connectivity index (χ4n) is 1.65. The van der Waals surface area contributed by atoms with Gasteiger partial charge in [0.2, 0.25) is 0 Å². The molecular weight excluding hydrogens is 243 g/mol. The van der Waals surface area contributed by atoms with E-state index in [0.717, 1.165) is 17.8 Å². The van der Waals surface area contributed by atoms with Crippen molar-refractivity contribution < 1.29 is 0 Å². The van der Waals surface area contributed by atoms with Gasteiger partial charge in [-0.3, -0.25) is 0 Å². The number of halogens is 2. The molecule has 0 saturated heterocycles. The standard InChI is InChI=1S/C12H12Cl2N2/c1-2-12-15-6-7-16(12)8-9-10(13)4-3-5-11(9)14/h3-7H,2,8H2,1H3. The van der Waals surface area contributed by atoms with Crippen LogP contribution < -0.4 is 0 Å². The van der Waals surface area contributed by atoms with Crippen LogP contribution in [0.5, 0.6) is 0 Å². The second-order valence-electron chi connectivity index (χ2n) is 3.53. The molecule has 0 spiro atoms. The Labute approximate surface area is 105 Å². The van der Waals surface area contributed by atoms with E-state index in [4.69, 9.17) is 23.2 Å².